The number of amides is 1. The topological polar surface area (TPSA) is 46.3 Å². The molecule has 4 nitrogen and oxygen atoms in total. The summed E-state index contributed by atoms with van der Waals surface area (Å²) in [6.07, 6.45) is 2.18. The average molecular weight is 262 g/mol. The van der Waals surface area contributed by atoms with Crippen LogP contribution in [0.1, 0.15) is 34.7 Å². The Morgan fingerprint density at radius 1 is 1.61 bits per heavy atom. The summed E-state index contributed by atoms with van der Waals surface area (Å²) in [6, 6.07) is 4.13. The van der Waals surface area contributed by atoms with Gasteiger partial charge >= 0.3 is 0 Å². The molecule has 0 saturated heterocycles. The summed E-state index contributed by atoms with van der Waals surface area (Å²) in [6.45, 7) is 2.46. The van der Waals surface area contributed by atoms with Gasteiger partial charge in [-0.25, -0.2) is 0 Å². The number of hydrogen-bond acceptors (Lipinski definition) is 4. The van der Waals surface area contributed by atoms with Crippen molar-refractivity contribution in [1.29, 1.82) is 0 Å². The first-order valence-electron chi connectivity index (χ1n) is 5.99. The van der Waals surface area contributed by atoms with Gasteiger partial charge in [0.15, 0.2) is 5.69 Å². The summed E-state index contributed by atoms with van der Waals surface area (Å²) in [4.78, 5) is 14.3. The van der Waals surface area contributed by atoms with E-state index in [2.05, 4.69) is 16.6 Å². The summed E-state index contributed by atoms with van der Waals surface area (Å²) in [5, 5.41) is 7.93. The monoisotopic (exact) mass is 262 g/mol. The molecule has 2 aromatic heterocycles. The van der Waals surface area contributed by atoms with Crippen LogP contribution in [0.3, 0.4) is 0 Å². The molecule has 3 rings (SSSR count). The van der Waals surface area contributed by atoms with Gasteiger partial charge in [-0.05, 0) is 42.2 Å². The molecule has 0 radical (unpaired) electrons. The Hall–Kier alpha value is -1.62. The van der Waals surface area contributed by atoms with E-state index in [4.69, 9.17) is 4.52 Å². The molecule has 1 amide bonds. The normalized spacial score (nSPS) is 14.7. The van der Waals surface area contributed by atoms with Gasteiger partial charge in [-0.3, -0.25) is 4.79 Å². The minimum absolute atomic E-state index is 0.0273. The first-order chi connectivity index (χ1) is 8.74. The van der Waals surface area contributed by atoms with Crippen molar-refractivity contribution < 1.29 is 9.32 Å². The fourth-order valence-corrected chi connectivity index (χ4v) is 2.61. The first-order valence-corrected chi connectivity index (χ1v) is 6.93. The van der Waals surface area contributed by atoms with Crippen molar-refractivity contribution in [3.63, 3.8) is 0 Å². The van der Waals surface area contributed by atoms with Crippen LogP contribution >= 0.6 is 11.3 Å². The van der Waals surface area contributed by atoms with Crippen molar-refractivity contribution >= 4 is 17.2 Å². The molecule has 1 aliphatic rings. The van der Waals surface area contributed by atoms with Crippen LogP contribution in [0, 0.1) is 6.92 Å². The standard InChI is InChI=1S/C13H14N2O2S/c1-9-6-12(14-17-9)13(16)15(11-2-3-11)7-10-4-5-18-8-10/h4-6,8,11H,2-3,7H2,1H3. The third kappa shape index (κ3) is 2.31. The second-order valence-corrected chi connectivity index (χ2v) is 5.40. The van der Waals surface area contributed by atoms with Crippen LogP contribution in [0.15, 0.2) is 27.4 Å². The smallest absolute Gasteiger partial charge is 0.276 e. The van der Waals surface area contributed by atoms with Gasteiger partial charge in [0.25, 0.3) is 5.91 Å². The lowest BCUT2D eigenvalue weighted by Gasteiger charge is -2.20. The number of aryl methyl sites for hydroxylation is 1. The van der Waals surface area contributed by atoms with Crippen molar-refractivity contribution in [1.82, 2.24) is 10.1 Å². The van der Waals surface area contributed by atoms with Gasteiger partial charge in [0, 0.05) is 18.7 Å². The van der Waals surface area contributed by atoms with Gasteiger partial charge in [0.2, 0.25) is 0 Å². The van der Waals surface area contributed by atoms with Gasteiger partial charge < -0.3 is 9.42 Å². The minimum atomic E-state index is -0.0273. The molecule has 5 heteroatoms. The number of aromatic nitrogens is 1. The van der Waals surface area contributed by atoms with E-state index in [1.165, 1.54) is 5.56 Å². The fourth-order valence-electron chi connectivity index (χ4n) is 1.95. The van der Waals surface area contributed by atoms with E-state index < -0.39 is 0 Å². The van der Waals surface area contributed by atoms with Gasteiger partial charge in [0.05, 0.1) is 0 Å². The summed E-state index contributed by atoms with van der Waals surface area (Å²) in [7, 11) is 0. The number of carbonyl (C=O) groups excluding carboxylic acids is 1. The van der Waals surface area contributed by atoms with E-state index in [-0.39, 0.29) is 5.91 Å². The summed E-state index contributed by atoms with van der Waals surface area (Å²) in [5.41, 5.74) is 1.59. The molecule has 2 aromatic rings. The largest absolute Gasteiger partial charge is 0.361 e. The highest BCUT2D eigenvalue weighted by Crippen LogP contribution is 2.30. The number of rotatable bonds is 4. The molecule has 2 heterocycles. The zero-order chi connectivity index (χ0) is 12.5. The number of nitrogens with zero attached hydrogens (tertiary/aromatic N) is 2. The van der Waals surface area contributed by atoms with E-state index in [1.807, 2.05) is 10.3 Å². The Morgan fingerprint density at radius 2 is 2.44 bits per heavy atom. The van der Waals surface area contributed by atoms with Crippen LogP contribution in [0.4, 0.5) is 0 Å². The molecule has 0 N–H and O–H groups in total. The van der Waals surface area contributed by atoms with Crippen molar-refractivity contribution in [2.24, 2.45) is 0 Å². The highest BCUT2D eigenvalue weighted by Gasteiger charge is 2.34. The molecule has 0 bridgehead atoms. The van der Waals surface area contributed by atoms with Crippen molar-refractivity contribution in [3.05, 3.63) is 39.9 Å². The third-order valence-corrected chi connectivity index (χ3v) is 3.76. The molecule has 0 spiro atoms. The molecule has 18 heavy (non-hydrogen) atoms. The van der Waals surface area contributed by atoms with E-state index in [0.717, 1.165) is 12.8 Å². The van der Waals surface area contributed by atoms with E-state index in [0.29, 0.717) is 24.0 Å². The third-order valence-electron chi connectivity index (χ3n) is 3.03. The fraction of sp³-hybridized carbons (Fsp3) is 0.385. The predicted octanol–water partition coefficient (Wildman–Crippen LogP) is 2.85. The van der Waals surface area contributed by atoms with Crippen LogP contribution < -0.4 is 0 Å². The molecule has 1 fully saturated rings. The maximum Gasteiger partial charge on any atom is 0.276 e. The Labute approximate surface area is 109 Å². The zero-order valence-corrected chi connectivity index (χ0v) is 10.9. The lowest BCUT2D eigenvalue weighted by molar-refractivity contribution is 0.0719. The summed E-state index contributed by atoms with van der Waals surface area (Å²) >= 11 is 1.65. The molecule has 0 aromatic carbocycles. The Morgan fingerprint density at radius 3 is 3.00 bits per heavy atom. The zero-order valence-electron chi connectivity index (χ0n) is 10.1. The van der Waals surface area contributed by atoms with E-state index in [1.54, 1.807) is 24.3 Å². The van der Waals surface area contributed by atoms with Gasteiger partial charge in [0.1, 0.15) is 5.76 Å². The molecule has 1 aliphatic carbocycles. The highest BCUT2D eigenvalue weighted by atomic mass is 32.1. The Balaban J connectivity index is 1.79. The molecular weight excluding hydrogens is 248 g/mol. The van der Waals surface area contributed by atoms with Crippen LogP contribution in [-0.2, 0) is 6.54 Å². The molecule has 94 valence electrons. The molecule has 0 unspecified atom stereocenters. The second-order valence-electron chi connectivity index (χ2n) is 4.62. The van der Waals surface area contributed by atoms with E-state index in [9.17, 15) is 4.79 Å². The van der Waals surface area contributed by atoms with Gasteiger partial charge in [-0.15, -0.1) is 0 Å². The second kappa shape index (κ2) is 4.57. The number of carbonyl (C=O) groups is 1. The maximum absolute atomic E-state index is 12.4. The van der Waals surface area contributed by atoms with Gasteiger partial charge in [-0.2, -0.15) is 11.3 Å². The predicted molar refractivity (Wildman–Crippen MR) is 68.5 cm³/mol. The van der Waals surface area contributed by atoms with Crippen LogP contribution in [0.2, 0.25) is 0 Å². The minimum Gasteiger partial charge on any atom is -0.361 e. The first kappa shape index (κ1) is 11.5. The van der Waals surface area contributed by atoms with Crippen molar-refractivity contribution in [2.45, 2.75) is 32.4 Å². The van der Waals surface area contributed by atoms with Crippen molar-refractivity contribution in [3.8, 4) is 0 Å². The molecule has 0 aliphatic heterocycles. The highest BCUT2D eigenvalue weighted by molar-refractivity contribution is 7.07. The molecule has 0 atom stereocenters. The maximum atomic E-state index is 12.4. The van der Waals surface area contributed by atoms with Crippen LogP contribution in [0.5, 0.6) is 0 Å². The SMILES string of the molecule is Cc1cc(C(=O)N(Cc2ccsc2)C2CC2)no1. The van der Waals surface area contributed by atoms with Gasteiger partial charge in [-0.1, -0.05) is 5.16 Å². The summed E-state index contributed by atoms with van der Waals surface area (Å²) in [5.74, 6) is 0.644. The van der Waals surface area contributed by atoms with Crippen LogP contribution in [-0.4, -0.2) is 22.0 Å². The van der Waals surface area contributed by atoms with Crippen molar-refractivity contribution in [2.75, 3.05) is 0 Å². The quantitative estimate of drug-likeness (QED) is 0.851. The lowest BCUT2D eigenvalue weighted by atomic mass is 10.2. The number of thiophene rings is 1. The van der Waals surface area contributed by atoms with Crippen LogP contribution in [0.25, 0.3) is 0 Å². The average Bonchev–Trinajstić information content (AvgIpc) is 2.88. The lowest BCUT2D eigenvalue weighted by Crippen LogP contribution is -2.32. The molecular formula is C13H14N2O2S. The Kier molecular flexibility index (Phi) is 2.91. The molecule has 1 saturated carbocycles. The Bertz CT molecular complexity index is 543. The van der Waals surface area contributed by atoms with E-state index >= 15 is 0 Å². The number of hydrogen-bond donors (Lipinski definition) is 0. The summed E-state index contributed by atoms with van der Waals surface area (Å²) < 4.78 is 4.98.